The molecule has 3 nitrogen and oxygen atoms in total. The molecule has 0 amide bonds. The molecule has 1 saturated carbocycles. The van der Waals surface area contributed by atoms with Crippen molar-refractivity contribution >= 4 is 0 Å². The van der Waals surface area contributed by atoms with Gasteiger partial charge in [-0.25, -0.2) is 0 Å². The van der Waals surface area contributed by atoms with Gasteiger partial charge in [-0.05, 0) is 30.4 Å². The van der Waals surface area contributed by atoms with Crippen LogP contribution in [0.25, 0.3) is 0 Å². The van der Waals surface area contributed by atoms with Gasteiger partial charge in [0.05, 0.1) is 6.20 Å². The van der Waals surface area contributed by atoms with Crippen molar-refractivity contribution in [3.63, 3.8) is 0 Å². The number of rotatable bonds is 4. The molecular weight excluding hydrogens is 258 g/mol. The summed E-state index contributed by atoms with van der Waals surface area (Å²) in [6.45, 7) is 0. The summed E-state index contributed by atoms with van der Waals surface area (Å²) in [5, 5.41) is 4.27. The van der Waals surface area contributed by atoms with Crippen molar-refractivity contribution in [2.45, 2.75) is 50.0 Å². The molecule has 0 radical (unpaired) electrons. The van der Waals surface area contributed by atoms with Crippen LogP contribution in [-0.2, 0) is 18.9 Å². The summed E-state index contributed by atoms with van der Waals surface area (Å²) >= 11 is 0. The van der Waals surface area contributed by atoms with Crippen LogP contribution in [0, 0.1) is 0 Å². The van der Waals surface area contributed by atoms with E-state index in [2.05, 4.69) is 41.6 Å². The summed E-state index contributed by atoms with van der Waals surface area (Å²) in [7, 11) is 1.96. The zero-order valence-electron chi connectivity index (χ0n) is 12.8. The van der Waals surface area contributed by atoms with E-state index in [1.165, 1.54) is 43.2 Å². The predicted octanol–water partition coefficient (Wildman–Crippen LogP) is 3.19. The third-order valence-corrected chi connectivity index (χ3v) is 5.02. The fraction of sp³-hybridized carbons (Fsp3) is 0.500. The monoisotopic (exact) mass is 283 g/mol. The maximum Gasteiger partial charge on any atom is 0.0522 e. The van der Waals surface area contributed by atoms with Crippen molar-refractivity contribution in [2.24, 2.45) is 12.8 Å². The molecule has 1 fully saturated rings. The number of aromatic nitrogens is 2. The maximum atomic E-state index is 6.72. The molecule has 0 aliphatic heterocycles. The molecule has 0 bridgehead atoms. The molecule has 1 aliphatic rings. The molecule has 2 N–H and O–H groups in total. The van der Waals surface area contributed by atoms with E-state index in [4.69, 9.17) is 5.73 Å². The van der Waals surface area contributed by atoms with Gasteiger partial charge in [-0.2, -0.15) is 5.10 Å². The minimum absolute atomic E-state index is 0.134. The quantitative estimate of drug-likeness (QED) is 0.936. The second-order valence-corrected chi connectivity index (χ2v) is 6.42. The fourth-order valence-corrected chi connectivity index (χ4v) is 3.85. The van der Waals surface area contributed by atoms with Gasteiger partial charge in [0.15, 0.2) is 0 Å². The lowest BCUT2D eigenvalue weighted by Crippen LogP contribution is -2.48. The normalized spacial score (nSPS) is 19.3. The third-order valence-electron chi connectivity index (χ3n) is 5.02. The lowest BCUT2D eigenvalue weighted by atomic mass is 9.64. The first-order valence-corrected chi connectivity index (χ1v) is 7.99. The highest BCUT2D eigenvalue weighted by atomic mass is 15.2. The van der Waals surface area contributed by atoms with Crippen LogP contribution in [0.5, 0.6) is 0 Å². The molecule has 1 aromatic carbocycles. The highest BCUT2D eigenvalue weighted by Crippen LogP contribution is 2.42. The molecule has 1 aliphatic carbocycles. The molecule has 2 aromatic rings. The summed E-state index contributed by atoms with van der Waals surface area (Å²) in [5.74, 6) is 0. The van der Waals surface area contributed by atoms with E-state index in [-0.39, 0.29) is 11.5 Å². The molecule has 112 valence electrons. The van der Waals surface area contributed by atoms with Gasteiger partial charge in [0.25, 0.3) is 0 Å². The number of benzene rings is 1. The molecule has 21 heavy (non-hydrogen) atoms. The number of aryl methyl sites for hydroxylation is 1. The average Bonchev–Trinajstić information content (AvgIpc) is 2.94. The van der Waals surface area contributed by atoms with Gasteiger partial charge < -0.3 is 5.73 Å². The van der Waals surface area contributed by atoms with Crippen molar-refractivity contribution in [1.82, 2.24) is 9.78 Å². The molecule has 3 heteroatoms. The van der Waals surface area contributed by atoms with Gasteiger partial charge in [0.2, 0.25) is 0 Å². The van der Waals surface area contributed by atoms with Crippen molar-refractivity contribution < 1.29 is 0 Å². The first-order valence-electron chi connectivity index (χ1n) is 7.99. The summed E-state index contributed by atoms with van der Waals surface area (Å²) < 4.78 is 1.86. The first kappa shape index (κ1) is 14.3. The molecule has 0 saturated heterocycles. The lowest BCUT2D eigenvalue weighted by Gasteiger charge is -2.42. The van der Waals surface area contributed by atoms with Crippen molar-refractivity contribution in [3.8, 4) is 0 Å². The van der Waals surface area contributed by atoms with E-state index < -0.39 is 0 Å². The van der Waals surface area contributed by atoms with Gasteiger partial charge in [-0.1, -0.05) is 49.6 Å². The number of nitrogens with zero attached hydrogens (tertiary/aromatic N) is 2. The van der Waals surface area contributed by atoms with Crippen LogP contribution in [0.2, 0.25) is 0 Å². The van der Waals surface area contributed by atoms with E-state index in [1.54, 1.807) is 0 Å². The summed E-state index contributed by atoms with van der Waals surface area (Å²) in [4.78, 5) is 0. The third kappa shape index (κ3) is 2.88. The predicted molar refractivity (Wildman–Crippen MR) is 86.1 cm³/mol. The number of hydrogen-bond acceptors (Lipinski definition) is 2. The first-order chi connectivity index (χ1) is 10.2. The van der Waals surface area contributed by atoms with E-state index in [9.17, 15) is 0 Å². The molecule has 1 atom stereocenters. The van der Waals surface area contributed by atoms with Crippen LogP contribution in [0.3, 0.4) is 0 Å². The Hall–Kier alpha value is -1.61. The smallest absolute Gasteiger partial charge is 0.0522 e. The zero-order valence-corrected chi connectivity index (χ0v) is 12.8. The van der Waals surface area contributed by atoms with Crippen LogP contribution in [0.15, 0.2) is 42.7 Å². The lowest BCUT2D eigenvalue weighted by molar-refractivity contribution is 0.241. The molecule has 0 spiro atoms. The van der Waals surface area contributed by atoms with E-state index in [1.807, 2.05) is 17.9 Å². The van der Waals surface area contributed by atoms with Crippen LogP contribution in [0.1, 0.15) is 43.2 Å². The van der Waals surface area contributed by atoms with Crippen LogP contribution in [-0.4, -0.2) is 15.8 Å². The summed E-state index contributed by atoms with van der Waals surface area (Å²) in [6.07, 6.45) is 11.3. The highest BCUT2D eigenvalue weighted by Gasteiger charge is 2.39. The van der Waals surface area contributed by atoms with Gasteiger partial charge >= 0.3 is 0 Å². The Kier molecular flexibility index (Phi) is 4.11. The fourth-order valence-electron chi connectivity index (χ4n) is 3.85. The van der Waals surface area contributed by atoms with Crippen LogP contribution >= 0.6 is 0 Å². The Balaban J connectivity index is 1.88. The van der Waals surface area contributed by atoms with Crippen LogP contribution in [0.4, 0.5) is 0 Å². The van der Waals surface area contributed by atoms with Crippen molar-refractivity contribution in [3.05, 3.63) is 53.9 Å². The maximum absolute atomic E-state index is 6.72. The SMILES string of the molecule is Cn1cc(CC(N)C2(c3ccccc3)CCCCC2)cn1. The molecule has 1 unspecified atom stereocenters. The van der Waals surface area contributed by atoms with Crippen LogP contribution < -0.4 is 5.73 Å². The Morgan fingerprint density at radius 3 is 2.52 bits per heavy atom. The van der Waals surface area contributed by atoms with Gasteiger partial charge in [-0.15, -0.1) is 0 Å². The zero-order chi connectivity index (χ0) is 14.7. The Morgan fingerprint density at radius 1 is 1.19 bits per heavy atom. The van der Waals surface area contributed by atoms with E-state index in [0.29, 0.717) is 0 Å². The van der Waals surface area contributed by atoms with E-state index in [0.717, 1.165) is 6.42 Å². The Morgan fingerprint density at radius 2 is 1.90 bits per heavy atom. The van der Waals surface area contributed by atoms with Gasteiger partial charge in [-0.3, -0.25) is 4.68 Å². The van der Waals surface area contributed by atoms with Gasteiger partial charge in [0.1, 0.15) is 0 Å². The van der Waals surface area contributed by atoms with Crippen molar-refractivity contribution in [1.29, 1.82) is 0 Å². The minimum Gasteiger partial charge on any atom is -0.327 e. The minimum atomic E-state index is 0.134. The molecule has 1 heterocycles. The average molecular weight is 283 g/mol. The Bertz CT molecular complexity index is 567. The number of hydrogen-bond donors (Lipinski definition) is 1. The Labute approximate surface area is 127 Å². The molecular formula is C18H25N3. The van der Waals surface area contributed by atoms with Gasteiger partial charge in [0, 0.05) is 24.7 Å². The number of nitrogens with two attached hydrogens (primary N) is 1. The highest BCUT2D eigenvalue weighted by molar-refractivity contribution is 5.29. The standard InChI is InChI=1S/C18H25N3/c1-21-14-15(13-20-21)12-17(19)18(10-6-3-7-11-18)16-8-4-2-5-9-16/h2,4-5,8-9,13-14,17H,3,6-7,10-12,19H2,1H3. The topological polar surface area (TPSA) is 43.8 Å². The second-order valence-electron chi connectivity index (χ2n) is 6.42. The summed E-state index contributed by atoms with van der Waals surface area (Å²) in [5.41, 5.74) is 9.51. The molecule has 3 rings (SSSR count). The largest absolute Gasteiger partial charge is 0.327 e. The summed E-state index contributed by atoms with van der Waals surface area (Å²) in [6, 6.07) is 11.0. The van der Waals surface area contributed by atoms with Crippen molar-refractivity contribution in [2.75, 3.05) is 0 Å². The second kappa shape index (κ2) is 6.02. The van der Waals surface area contributed by atoms with E-state index >= 15 is 0 Å². The molecule has 1 aromatic heterocycles.